The molecule has 19 heavy (non-hydrogen) atoms. The van der Waals surface area contributed by atoms with Crippen molar-refractivity contribution in [2.24, 2.45) is 0 Å². The average Bonchev–Trinajstić information content (AvgIpc) is 2.83. The van der Waals surface area contributed by atoms with Gasteiger partial charge in [-0.25, -0.2) is 4.98 Å². The number of carbonyl (C=O) groups is 1. The number of esters is 1. The molecule has 1 aromatic carbocycles. The summed E-state index contributed by atoms with van der Waals surface area (Å²) in [5.41, 5.74) is 2.09. The number of benzene rings is 1. The number of hydrogen-bond donors (Lipinski definition) is 0. The lowest BCUT2D eigenvalue weighted by Gasteiger charge is -2.07. The Labute approximate surface area is 121 Å². The maximum absolute atomic E-state index is 11.4. The van der Waals surface area contributed by atoms with Gasteiger partial charge in [-0.15, -0.1) is 23.1 Å². The monoisotopic (exact) mass is 293 g/mol. The van der Waals surface area contributed by atoms with Crippen molar-refractivity contribution in [1.29, 1.82) is 0 Å². The topological polar surface area (TPSA) is 39.2 Å². The van der Waals surface area contributed by atoms with E-state index in [9.17, 15) is 4.79 Å². The second-order valence-corrected chi connectivity index (χ2v) is 6.09. The highest BCUT2D eigenvalue weighted by Crippen LogP contribution is 2.27. The van der Waals surface area contributed by atoms with Gasteiger partial charge in [-0.05, 0) is 18.6 Å². The quantitative estimate of drug-likeness (QED) is 0.625. The summed E-state index contributed by atoms with van der Waals surface area (Å²) in [6.45, 7) is 2.00. The van der Waals surface area contributed by atoms with E-state index in [1.54, 1.807) is 23.1 Å². The maximum Gasteiger partial charge on any atom is 0.310 e. The van der Waals surface area contributed by atoms with Crippen molar-refractivity contribution in [3.63, 3.8) is 0 Å². The summed E-state index contributed by atoms with van der Waals surface area (Å²) in [4.78, 5) is 16.9. The summed E-state index contributed by atoms with van der Waals surface area (Å²) in [5, 5.41) is 3.16. The van der Waals surface area contributed by atoms with E-state index < -0.39 is 0 Å². The highest BCUT2D eigenvalue weighted by molar-refractivity contribution is 7.98. The number of nitrogens with zero attached hydrogens (tertiary/aromatic N) is 1. The van der Waals surface area contributed by atoms with E-state index in [0.29, 0.717) is 6.42 Å². The van der Waals surface area contributed by atoms with Crippen molar-refractivity contribution in [2.45, 2.75) is 24.0 Å². The number of aryl methyl sites for hydroxylation is 1. The molecule has 100 valence electrons. The van der Waals surface area contributed by atoms with Gasteiger partial charge in [0.15, 0.2) is 0 Å². The molecular weight excluding hydrogens is 278 g/mol. The summed E-state index contributed by atoms with van der Waals surface area (Å²) in [6.07, 6.45) is 0.315. The summed E-state index contributed by atoms with van der Waals surface area (Å²) < 4.78 is 4.72. The Bertz CT molecular complexity index is 566. The number of rotatable bonds is 5. The first kappa shape index (κ1) is 14.1. The molecule has 0 aliphatic rings. The van der Waals surface area contributed by atoms with Gasteiger partial charge < -0.3 is 4.74 Å². The lowest BCUT2D eigenvalue weighted by atomic mass is 10.1. The van der Waals surface area contributed by atoms with Crippen molar-refractivity contribution in [3.8, 4) is 0 Å². The molecule has 0 atom stereocenters. The van der Waals surface area contributed by atoms with Crippen LogP contribution in [0.25, 0.3) is 0 Å². The van der Waals surface area contributed by atoms with Crippen molar-refractivity contribution in [1.82, 2.24) is 4.98 Å². The number of aromatic nitrogens is 1. The third-order valence-electron chi connectivity index (χ3n) is 2.58. The second-order valence-electron chi connectivity index (χ2n) is 4.01. The van der Waals surface area contributed by atoms with Crippen LogP contribution >= 0.6 is 23.1 Å². The van der Waals surface area contributed by atoms with Crippen molar-refractivity contribution < 1.29 is 9.53 Å². The SMILES string of the molecule is COC(=O)Cc1ccccc1SCc1csc(C)n1. The van der Waals surface area contributed by atoms with Gasteiger partial charge in [0.2, 0.25) is 0 Å². The minimum atomic E-state index is -0.211. The molecule has 1 heterocycles. The van der Waals surface area contributed by atoms with Crippen LogP contribution in [0.15, 0.2) is 34.5 Å². The Balaban J connectivity index is 2.05. The molecule has 0 amide bonds. The lowest BCUT2D eigenvalue weighted by Crippen LogP contribution is -2.05. The number of thioether (sulfide) groups is 1. The largest absolute Gasteiger partial charge is 0.469 e. The van der Waals surface area contributed by atoms with Crippen LogP contribution in [0.4, 0.5) is 0 Å². The summed E-state index contributed by atoms with van der Waals surface area (Å²) in [6, 6.07) is 7.92. The number of methoxy groups -OCH3 is 1. The molecule has 0 radical (unpaired) electrons. The minimum Gasteiger partial charge on any atom is -0.469 e. The van der Waals surface area contributed by atoms with E-state index in [0.717, 1.165) is 26.9 Å². The highest BCUT2D eigenvalue weighted by Gasteiger charge is 2.09. The normalized spacial score (nSPS) is 10.4. The van der Waals surface area contributed by atoms with Gasteiger partial charge in [-0.1, -0.05) is 18.2 Å². The Morgan fingerprint density at radius 1 is 1.42 bits per heavy atom. The first-order valence-electron chi connectivity index (χ1n) is 5.87. The molecule has 0 bridgehead atoms. The zero-order valence-electron chi connectivity index (χ0n) is 10.9. The number of carbonyl (C=O) groups excluding carboxylic acids is 1. The molecule has 2 rings (SSSR count). The van der Waals surface area contributed by atoms with E-state index >= 15 is 0 Å². The zero-order chi connectivity index (χ0) is 13.7. The van der Waals surface area contributed by atoms with E-state index in [-0.39, 0.29) is 5.97 Å². The standard InChI is InChI=1S/C14H15NO2S2/c1-10-15-12(8-18-10)9-19-13-6-4-3-5-11(13)7-14(16)17-2/h3-6,8H,7,9H2,1-2H3. The Kier molecular flexibility index (Phi) is 4.99. The Morgan fingerprint density at radius 2 is 2.21 bits per heavy atom. The Hall–Kier alpha value is -1.33. The van der Waals surface area contributed by atoms with E-state index in [1.807, 2.05) is 31.2 Å². The number of hydrogen-bond acceptors (Lipinski definition) is 5. The minimum absolute atomic E-state index is 0.211. The molecule has 0 unspecified atom stereocenters. The maximum atomic E-state index is 11.4. The smallest absolute Gasteiger partial charge is 0.310 e. The molecular formula is C14H15NO2S2. The molecule has 0 saturated heterocycles. The highest BCUT2D eigenvalue weighted by atomic mass is 32.2. The molecule has 0 spiro atoms. The summed E-state index contributed by atoms with van der Waals surface area (Å²) >= 11 is 3.36. The van der Waals surface area contributed by atoms with Gasteiger partial charge >= 0.3 is 5.97 Å². The van der Waals surface area contributed by atoms with E-state index in [1.165, 1.54) is 7.11 Å². The van der Waals surface area contributed by atoms with Gasteiger partial charge in [-0.2, -0.15) is 0 Å². The van der Waals surface area contributed by atoms with Gasteiger partial charge in [-0.3, -0.25) is 4.79 Å². The summed E-state index contributed by atoms with van der Waals surface area (Å²) in [7, 11) is 1.41. The Morgan fingerprint density at radius 3 is 2.89 bits per heavy atom. The first-order valence-corrected chi connectivity index (χ1v) is 7.74. The molecule has 0 aliphatic carbocycles. The predicted molar refractivity (Wildman–Crippen MR) is 78.6 cm³/mol. The number of thiazole rings is 1. The first-order chi connectivity index (χ1) is 9.19. The molecule has 5 heteroatoms. The van der Waals surface area contributed by atoms with Gasteiger partial charge in [0.05, 0.1) is 24.2 Å². The zero-order valence-corrected chi connectivity index (χ0v) is 12.5. The molecule has 2 aromatic rings. The van der Waals surface area contributed by atoms with Crippen LogP contribution in [0.3, 0.4) is 0 Å². The van der Waals surface area contributed by atoms with Gasteiger partial charge in [0.1, 0.15) is 0 Å². The molecule has 1 aromatic heterocycles. The molecule has 0 N–H and O–H groups in total. The van der Waals surface area contributed by atoms with Crippen LogP contribution in [0.1, 0.15) is 16.3 Å². The van der Waals surface area contributed by atoms with Crippen molar-refractivity contribution in [3.05, 3.63) is 45.9 Å². The fourth-order valence-corrected chi connectivity index (χ4v) is 3.31. The third-order valence-corrected chi connectivity index (χ3v) is 4.55. The lowest BCUT2D eigenvalue weighted by molar-refractivity contribution is -0.139. The van der Waals surface area contributed by atoms with Gasteiger partial charge in [0.25, 0.3) is 0 Å². The van der Waals surface area contributed by atoms with Crippen molar-refractivity contribution in [2.75, 3.05) is 7.11 Å². The molecule has 0 aliphatic heterocycles. The van der Waals surface area contributed by atoms with Crippen LogP contribution in [0.2, 0.25) is 0 Å². The van der Waals surface area contributed by atoms with E-state index in [2.05, 4.69) is 10.4 Å². The molecule has 3 nitrogen and oxygen atoms in total. The molecule has 0 saturated carbocycles. The van der Waals surface area contributed by atoms with Gasteiger partial charge in [0, 0.05) is 16.0 Å². The van der Waals surface area contributed by atoms with Crippen LogP contribution in [-0.4, -0.2) is 18.1 Å². The summed E-state index contributed by atoms with van der Waals surface area (Å²) in [5.74, 6) is 0.611. The van der Waals surface area contributed by atoms with Crippen LogP contribution < -0.4 is 0 Å². The van der Waals surface area contributed by atoms with E-state index in [4.69, 9.17) is 4.74 Å². The van der Waals surface area contributed by atoms with Crippen LogP contribution in [-0.2, 0) is 21.7 Å². The fourth-order valence-electron chi connectivity index (χ4n) is 1.64. The fraction of sp³-hybridized carbons (Fsp3) is 0.286. The third kappa shape index (κ3) is 4.08. The van der Waals surface area contributed by atoms with Crippen molar-refractivity contribution >= 4 is 29.1 Å². The number of ether oxygens (including phenoxy) is 1. The average molecular weight is 293 g/mol. The predicted octanol–water partition coefficient (Wildman–Crippen LogP) is 3.46. The van der Waals surface area contributed by atoms with Crippen LogP contribution in [0.5, 0.6) is 0 Å². The second kappa shape index (κ2) is 6.73. The van der Waals surface area contributed by atoms with Crippen LogP contribution in [0, 0.1) is 6.92 Å². The molecule has 0 fully saturated rings.